The highest BCUT2D eigenvalue weighted by Crippen LogP contribution is 2.28. The van der Waals surface area contributed by atoms with Crippen LogP contribution >= 0.6 is 11.3 Å². The molecule has 0 spiro atoms. The van der Waals surface area contributed by atoms with E-state index < -0.39 is 11.6 Å². The second-order valence-corrected chi connectivity index (χ2v) is 7.81. The summed E-state index contributed by atoms with van der Waals surface area (Å²) in [5.74, 6) is -0.304. The first-order chi connectivity index (χ1) is 10.9. The number of anilines is 1. The fourth-order valence-corrected chi connectivity index (χ4v) is 3.56. The molecule has 0 amide bonds. The van der Waals surface area contributed by atoms with Crippen LogP contribution in [0.2, 0.25) is 0 Å². The Morgan fingerprint density at radius 3 is 3.04 bits per heavy atom. The molecule has 0 N–H and O–H groups in total. The molecule has 2 aromatic heterocycles. The Kier molecular flexibility index (Phi) is 4.43. The highest BCUT2D eigenvalue weighted by molar-refractivity contribution is 7.09. The molecule has 0 saturated carbocycles. The predicted molar refractivity (Wildman–Crippen MR) is 90.1 cm³/mol. The summed E-state index contributed by atoms with van der Waals surface area (Å²) in [7, 11) is 0. The molecular weight excluding hydrogens is 312 g/mol. The zero-order valence-corrected chi connectivity index (χ0v) is 14.6. The van der Waals surface area contributed by atoms with Crippen molar-refractivity contribution in [1.29, 1.82) is 0 Å². The van der Waals surface area contributed by atoms with Gasteiger partial charge in [0, 0.05) is 23.9 Å². The summed E-state index contributed by atoms with van der Waals surface area (Å²) in [4.78, 5) is 19.9. The Morgan fingerprint density at radius 1 is 1.52 bits per heavy atom. The number of carbonyl (C=O) groups excluding carboxylic acids is 1. The number of aromatic nitrogens is 1. The van der Waals surface area contributed by atoms with E-state index in [4.69, 9.17) is 9.15 Å². The minimum atomic E-state index is -0.542. The van der Waals surface area contributed by atoms with Crippen LogP contribution < -0.4 is 4.90 Å². The summed E-state index contributed by atoms with van der Waals surface area (Å²) in [6, 6.07) is 5.12. The quantitative estimate of drug-likeness (QED) is 0.794. The lowest BCUT2D eigenvalue weighted by molar-refractivity contribution is 0.00366. The van der Waals surface area contributed by atoms with Gasteiger partial charge in [-0.05, 0) is 45.1 Å². The number of carbonyl (C=O) groups is 1. The zero-order chi connectivity index (χ0) is 16.4. The van der Waals surface area contributed by atoms with Gasteiger partial charge in [0.25, 0.3) is 6.01 Å². The van der Waals surface area contributed by atoms with Crippen molar-refractivity contribution in [2.75, 3.05) is 11.4 Å². The maximum absolute atomic E-state index is 12.1. The van der Waals surface area contributed by atoms with Crippen molar-refractivity contribution in [3.05, 3.63) is 34.3 Å². The van der Waals surface area contributed by atoms with Crippen LogP contribution in [0, 0.1) is 0 Å². The van der Waals surface area contributed by atoms with Crippen molar-refractivity contribution in [3.8, 4) is 0 Å². The smallest absolute Gasteiger partial charge is 0.376 e. The molecule has 6 heteroatoms. The minimum Gasteiger partial charge on any atom is -0.454 e. The number of esters is 1. The molecule has 1 aliphatic rings. The number of nitrogens with zero attached hydrogens (tertiary/aromatic N) is 2. The maximum Gasteiger partial charge on any atom is 0.376 e. The van der Waals surface area contributed by atoms with Gasteiger partial charge in [0.15, 0.2) is 0 Å². The van der Waals surface area contributed by atoms with Crippen LogP contribution in [-0.2, 0) is 11.2 Å². The zero-order valence-electron chi connectivity index (χ0n) is 13.7. The average molecular weight is 334 g/mol. The highest BCUT2D eigenvalue weighted by atomic mass is 32.1. The molecule has 2 aromatic rings. The van der Waals surface area contributed by atoms with Gasteiger partial charge in [-0.2, -0.15) is 0 Å². The van der Waals surface area contributed by atoms with E-state index in [2.05, 4.69) is 27.4 Å². The number of thiophene rings is 1. The number of rotatable bonds is 4. The molecule has 1 aliphatic heterocycles. The van der Waals surface area contributed by atoms with E-state index >= 15 is 0 Å². The third kappa shape index (κ3) is 3.93. The molecule has 23 heavy (non-hydrogen) atoms. The van der Waals surface area contributed by atoms with Gasteiger partial charge in [-0.3, -0.25) is 0 Å². The second kappa shape index (κ2) is 6.35. The van der Waals surface area contributed by atoms with Crippen molar-refractivity contribution in [1.82, 2.24) is 4.98 Å². The van der Waals surface area contributed by atoms with E-state index in [1.54, 1.807) is 11.3 Å². The second-order valence-electron chi connectivity index (χ2n) is 6.78. The fraction of sp³-hybridized carbons (Fsp3) is 0.529. The van der Waals surface area contributed by atoms with Crippen LogP contribution in [-0.4, -0.2) is 29.1 Å². The molecule has 0 radical (unpaired) electrons. The van der Waals surface area contributed by atoms with Crippen LogP contribution in [0.3, 0.4) is 0 Å². The number of oxazole rings is 1. The molecular formula is C17H22N2O3S. The lowest BCUT2D eigenvalue weighted by atomic mass is 10.1. The Balaban J connectivity index is 1.70. The van der Waals surface area contributed by atoms with Gasteiger partial charge in [-0.25, -0.2) is 9.78 Å². The Hall–Kier alpha value is -1.82. The molecule has 1 saturated heterocycles. The summed E-state index contributed by atoms with van der Waals surface area (Å²) >= 11 is 1.77. The molecule has 1 atom stereocenters. The average Bonchev–Trinajstić information content (AvgIpc) is 3.17. The number of hydrogen-bond acceptors (Lipinski definition) is 6. The first-order valence-corrected chi connectivity index (χ1v) is 8.78. The maximum atomic E-state index is 12.1. The molecule has 0 aliphatic carbocycles. The van der Waals surface area contributed by atoms with E-state index in [0.29, 0.717) is 12.1 Å². The molecule has 3 rings (SSSR count). The fourth-order valence-electron chi connectivity index (χ4n) is 2.78. The topological polar surface area (TPSA) is 55.6 Å². The molecule has 124 valence electrons. The SMILES string of the molecule is CC(C)(C)OC(=O)c1cnc(N2CCC[C@H]2Cc2cccs2)o1. The van der Waals surface area contributed by atoms with Crippen LogP contribution in [0.25, 0.3) is 0 Å². The van der Waals surface area contributed by atoms with Crippen molar-refractivity contribution in [2.24, 2.45) is 0 Å². The van der Waals surface area contributed by atoms with Crippen molar-refractivity contribution < 1.29 is 13.9 Å². The van der Waals surface area contributed by atoms with Crippen LogP contribution in [0.4, 0.5) is 6.01 Å². The lowest BCUT2D eigenvalue weighted by Crippen LogP contribution is -2.31. The van der Waals surface area contributed by atoms with E-state index in [1.165, 1.54) is 11.1 Å². The Morgan fingerprint density at radius 2 is 2.35 bits per heavy atom. The standard InChI is InChI=1S/C17H22N2O3S/c1-17(2,3)22-15(20)14-11-18-16(21-14)19-8-4-6-12(19)10-13-7-5-9-23-13/h5,7,9,11-12H,4,6,8,10H2,1-3H3/t12-/m0/s1. The minimum absolute atomic E-state index is 0.164. The summed E-state index contributed by atoms with van der Waals surface area (Å²) in [6.45, 7) is 6.41. The summed E-state index contributed by atoms with van der Waals surface area (Å²) in [5.41, 5.74) is -0.542. The third-order valence-corrected chi connectivity index (χ3v) is 4.63. The summed E-state index contributed by atoms with van der Waals surface area (Å²) in [5, 5.41) is 2.10. The van der Waals surface area contributed by atoms with Gasteiger partial charge >= 0.3 is 5.97 Å². The van der Waals surface area contributed by atoms with Crippen LogP contribution in [0.1, 0.15) is 49.0 Å². The van der Waals surface area contributed by atoms with Crippen molar-refractivity contribution >= 4 is 23.3 Å². The first kappa shape index (κ1) is 16.1. The van der Waals surface area contributed by atoms with Crippen molar-refractivity contribution in [2.45, 2.75) is 51.7 Å². The van der Waals surface area contributed by atoms with E-state index in [0.717, 1.165) is 25.8 Å². The Bertz CT molecular complexity index is 658. The van der Waals surface area contributed by atoms with Crippen LogP contribution in [0.5, 0.6) is 0 Å². The normalized spacial score (nSPS) is 18.4. The Labute approximate surface area is 140 Å². The van der Waals surface area contributed by atoms with Gasteiger partial charge in [0.05, 0.1) is 6.20 Å². The largest absolute Gasteiger partial charge is 0.454 e. The van der Waals surface area contributed by atoms with Gasteiger partial charge in [0.2, 0.25) is 5.76 Å². The van der Waals surface area contributed by atoms with Crippen LogP contribution in [0.15, 0.2) is 28.1 Å². The van der Waals surface area contributed by atoms with E-state index in [1.807, 2.05) is 20.8 Å². The molecule has 0 bridgehead atoms. The van der Waals surface area contributed by atoms with E-state index in [-0.39, 0.29) is 5.76 Å². The molecule has 0 aromatic carbocycles. The van der Waals surface area contributed by atoms with Gasteiger partial charge in [-0.15, -0.1) is 11.3 Å². The number of hydrogen-bond donors (Lipinski definition) is 0. The monoisotopic (exact) mass is 334 g/mol. The highest BCUT2D eigenvalue weighted by Gasteiger charge is 2.30. The summed E-state index contributed by atoms with van der Waals surface area (Å²) in [6.07, 6.45) is 4.67. The molecule has 3 heterocycles. The van der Waals surface area contributed by atoms with E-state index in [9.17, 15) is 4.79 Å². The predicted octanol–water partition coefficient (Wildman–Crippen LogP) is 3.90. The molecule has 5 nitrogen and oxygen atoms in total. The van der Waals surface area contributed by atoms with Crippen molar-refractivity contribution in [3.63, 3.8) is 0 Å². The first-order valence-electron chi connectivity index (χ1n) is 7.90. The number of ether oxygens (including phenoxy) is 1. The van der Waals surface area contributed by atoms with Gasteiger partial charge < -0.3 is 14.1 Å². The lowest BCUT2D eigenvalue weighted by Gasteiger charge is -2.22. The summed E-state index contributed by atoms with van der Waals surface area (Å²) < 4.78 is 11.0. The third-order valence-electron chi connectivity index (χ3n) is 3.73. The molecule has 1 fully saturated rings. The van der Waals surface area contributed by atoms with Gasteiger partial charge in [-0.1, -0.05) is 6.07 Å². The molecule has 0 unspecified atom stereocenters. The van der Waals surface area contributed by atoms with Gasteiger partial charge in [0.1, 0.15) is 5.60 Å².